The number of carbonyl (C=O) groups excluding carboxylic acids is 1. The van der Waals surface area contributed by atoms with Crippen LogP contribution in [0.2, 0.25) is 0 Å². The summed E-state index contributed by atoms with van der Waals surface area (Å²) in [5.41, 5.74) is 1.84. The van der Waals surface area contributed by atoms with Gasteiger partial charge in [-0.15, -0.1) is 0 Å². The fraction of sp³-hybridized carbons (Fsp3) is 0.917. The number of nitrogens with one attached hydrogen (secondary N) is 1. The number of hydrogen-bond donors (Lipinski definition) is 2. The first-order valence-corrected chi connectivity index (χ1v) is 6.10. The fourth-order valence-corrected chi connectivity index (χ4v) is 2.32. The molecule has 4 nitrogen and oxygen atoms in total. The van der Waals surface area contributed by atoms with Gasteiger partial charge < -0.3 is 4.90 Å². The van der Waals surface area contributed by atoms with Gasteiger partial charge in [0.15, 0.2) is 0 Å². The first-order valence-electron chi connectivity index (χ1n) is 6.10. The largest absolute Gasteiger partial charge is 0.302 e. The molecule has 1 rings (SSSR count). The summed E-state index contributed by atoms with van der Waals surface area (Å²) in [7, 11) is 0. The van der Waals surface area contributed by atoms with E-state index in [0.29, 0.717) is 5.92 Å². The van der Waals surface area contributed by atoms with Crippen molar-refractivity contribution in [2.75, 3.05) is 19.6 Å². The van der Waals surface area contributed by atoms with Crippen molar-refractivity contribution >= 4 is 5.91 Å². The van der Waals surface area contributed by atoms with Gasteiger partial charge in [-0.1, -0.05) is 13.8 Å². The molecular formula is C12H25N3O. The average molecular weight is 227 g/mol. The third-order valence-corrected chi connectivity index (χ3v) is 3.78. The minimum absolute atomic E-state index is 0.0845. The first-order chi connectivity index (χ1) is 7.36. The molecule has 0 radical (unpaired) electrons. The molecule has 1 heterocycles. The van der Waals surface area contributed by atoms with Crippen LogP contribution in [0.25, 0.3) is 0 Å². The predicted octanol–water partition coefficient (Wildman–Crippen LogP) is 0.980. The summed E-state index contributed by atoms with van der Waals surface area (Å²) in [5, 5.41) is 0. The van der Waals surface area contributed by atoms with Crippen molar-refractivity contribution in [3.63, 3.8) is 0 Å². The van der Waals surface area contributed by atoms with Crippen molar-refractivity contribution in [1.82, 2.24) is 10.3 Å². The van der Waals surface area contributed by atoms with Crippen LogP contribution in [-0.4, -0.2) is 30.4 Å². The zero-order valence-corrected chi connectivity index (χ0v) is 10.9. The van der Waals surface area contributed by atoms with Crippen molar-refractivity contribution < 1.29 is 4.79 Å². The highest BCUT2D eigenvalue weighted by molar-refractivity contribution is 5.81. The Balaban J connectivity index is 2.51. The lowest BCUT2D eigenvalue weighted by molar-refractivity contribution is -0.130. The summed E-state index contributed by atoms with van der Waals surface area (Å²) >= 11 is 0. The van der Waals surface area contributed by atoms with E-state index in [-0.39, 0.29) is 5.91 Å². The molecule has 0 bridgehead atoms. The number of likely N-dealkylation sites (tertiary alicyclic amines) is 1. The number of carbonyl (C=O) groups is 1. The van der Waals surface area contributed by atoms with Crippen LogP contribution in [0.1, 0.15) is 34.1 Å². The molecule has 1 aliphatic rings. The molecule has 1 fully saturated rings. The number of piperidine rings is 1. The zero-order chi connectivity index (χ0) is 12.3. The zero-order valence-electron chi connectivity index (χ0n) is 10.9. The monoisotopic (exact) mass is 227 g/mol. The SMILES string of the molecule is CC1CCN(CC(C)(C)C(=O)NN)CC1C. The number of amides is 1. The van der Waals surface area contributed by atoms with E-state index in [9.17, 15) is 4.79 Å². The van der Waals surface area contributed by atoms with E-state index in [0.717, 1.165) is 25.6 Å². The molecule has 1 aliphatic heterocycles. The van der Waals surface area contributed by atoms with Crippen LogP contribution in [0.5, 0.6) is 0 Å². The minimum atomic E-state index is -0.408. The third-order valence-electron chi connectivity index (χ3n) is 3.78. The molecule has 0 saturated carbocycles. The molecule has 0 aromatic rings. The molecule has 2 atom stereocenters. The summed E-state index contributed by atoms with van der Waals surface area (Å²) in [6.45, 7) is 11.4. The summed E-state index contributed by atoms with van der Waals surface area (Å²) in [6, 6.07) is 0. The van der Waals surface area contributed by atoms with Crippen LogP contribution in [-0.2, 0) is 4.79 Å². The summed E-state index contributed by atoms with van der Waals surface area (Å²) in [6.07, 6.45) is 1.22. The molecule has 16 heavy (non-hydrogen) atoms. The van der Waals surface area contributed by atoms with E-state index in [4.69, 9.17) is 5.84 Å². The number of hydrazine groups is 1. The van der Waals surface area contributed by atoms with E-state index in [1.807, 2.05) is 13.8 Å². The van der Waals surface area contributed by atoms with Gasteiger partial charge in [0, 0.05) is 13.1 Å². The third kappa shape index (κ3) is 3.19. The Morgan fingerprint density at radius 3 is 2.56 bits per heavy atom. The van der Waals surface area contributed by atoms with E-state index >= 15 is 0 Å². The lowest BCUT2D eigenvalue weighted by Crippen LogP contribution is -2.50. The highest BCUT2D eigenvalue weighted by Gasteiger charge is 2.32. The second-order valence-corrected chi connectivity index (χ2v) is 5.84. The van der Waals surface area contributed by atoms with Crippen molar-refractivity contribution in [2.24, 2.45) is 23.1 Å². The highest BCUT2D eigenvalue weighted by atomic mass is 16.2. The normalized spacial score (nSPS) is 27.8. The van der Waals surface area contributed by atoms with Gasteiger partial charge >= 0.3 is 0 Å². The number of rotatable bonds is 3. The highest BCUT2D eigenvalue weighted by Crippen LogP contribution is 2.25. The maximum absolute atomic E-state index is 11.6. The van der Waals surface area contributed by atoms with Crippen LogP contribution >= 0.6 is 0 Å². The van der Waals surface area contributed by atoms with Crippen LogP contribution < -0.4 is 11.3 Å². The lowest BCUT2D eigenvalue weighted by Gasteiger charge is -2.38. The molecule has 0 aromatic carbocycles. The fourth-order valence-electron chi connectivity index (χ4n) is 2.32. The second-order valence-electron chi connectivity index (χ2n) is 5.84. The lowest BCUT2D eigenvalue weighted by atomic mass is 9.86. The standard InChI is InChI=1S/C12H25N3O/c1-9-5-6-15(7-10(9)2)8-12(3,4)11(16)14-13/h9-10H,5-8,13H2,1-4H3,(H,14,16). The molecule has 1 amide bonds. The number of nitrogens with two attached hydrogens (primary N) is 1. The summed E-state index contributed by atoms with van der Waals surface area (Å²) in [5.74, 6) is 6.62. The molecule has 2 unspecified atom stereocenters. The van der Waals surface area contributed by atoms with Gasteiger partial charge in [-0.05, 0) is 38.6 Å². The Labute approximate surface area is 98.5 Å². The van der Waals surface area contributed by atoms with Gasteiger partial charge in [0.2, 0.25) is 5.91 Å². The molecule has 0 aromatic heterocycles. The molecular weight excluding hydrogens is 202 g/mol. The Bertz CT molecular complexity index is 253. The molecule has 3 N–H and O–H groups in total. The van der Waals surface area contributed by atoms with Crippen molar-refractivity contribution in [3.8, 4) is 0 Å². The smallest absolute Gasteiger partial charge is 0.240 e. The maximum Gasteiger partial charge on any atom is 0.240 e. The number of hydrogen-bond acceptors (Lipinski definition) is 3. The summed E-state index contributed by atoms with van der Waals surface area (Å²) in [4.78, 5) is 14.0. The quantitative estimate of drug-likeness (QED) is 0.429. The van der Waals surface area contributed by atoms with E-state index in [1.54, 1.807) is 0 Å². The average Bonchev–Trinajstić information content (AvgIpc) is 2.22. The molecule has 0 aliphatic carbocycles. The van der Waals surface area contributed by atoms with Gasteiger partial charge in [-0.2, -0.15) is 0 Å². The Morgan fingerprint density at radius 2 is 2.06 bits per heavy atom. The van der Waals surface area contributed by atoms with Crippen LogP contribution in [0.4, 0.5) is 0 Å². The van der Waals surface area contributed by atoms with Gasteiger partial charge in [-0.3, -0.25) is 10.2 Å². The first kappa shape index (κ1) is 13.5. The van der Waals surface area contributed by atoms with Gasteiger partial charge in [-0.25, -0.2) is 5.84 Å². The second kappa shape index (κ2) is 5.15. The summed E-state index contributed by atoms with van der Waals surface area (Å²) < 4.78 is 0. The topological polar surface area (TPSA) is 58.4 Å². The van der Waals surface area contributed by atoms with Gasteiger partial charge in [0.25, 0.3) is 0 Å². The van der Waals surface area contributed by atoms with Crippen molar-refractivity contribution in [1.29, 1.82) is 0 Å². The van der Waals surface area contributed by atoms with Crippen LogP contribution in [0.3, 0.4) is 0 Å². The van der Waals surface area contributed by atoms with Crippen molar-refractivity contribution in [2.45, 2.75) is 34.1 Å². The molecule has 1 saturated heterocycles. The molecule has 0 spiro atoms. The van der Waals surface area contributed by atoms with Gasteiger partial charge in [0.05, 0.1) is 5.41 Å². The Morgan fingerprint density at radius 1 is 1.44 bits per heavy atom. The predicted molar refractivity (Wildman–Crippen MR) is 65.5 cm³/mol. The van der Waals surface area contributed by atoms with Gasteiger partial charge in [0.1, 0.15) is 0 Å². The van der Waals surface area contributed by atoms with Crippen molar-refractivity contribution in [3.05, 3.63) is 0 Å². The van der Waals surface area contributed by atoms with Crippen LogP contribution in [0, 0.1) is 17.3 Å². The van der Waals surface area contributed by atoms with E-state index < -0.39 is 5.41 Å². The Kier molecular flexibility index (Phi) is 4.33. The molecule has 4 heteroatoms. The van der Waals surface area contributed by atoms with E-state index in [1.165, 1.54) is 6.42 Å². The van der Waals surface area contributed by atoms with Crippen LogP contribution in [0.15, 0.2) is 0 Å². The van der Waals surface area contributed by atoms with E-state index in [2.05, 4.69) is 24.2 Å². The minimum Gasteiger partial charge on any atom is -0.302 e. The Hall–Kier alpha value is -0.610. The maximum atomic E-state index is 11.6. The number of nitrogens with zero attached hydrogens (tertiary/aromatic N) is 1. The molecule has 94 valence electrons.